The Hall–Kier alpha value is -3.78. The zero-order chi connectivity index (χ0) is 25.2. The van der Waals surface area contributed by atoms with E-state index in [0.29, 0.717) is 12.0 Å². The summed E-state index contributed by atoms with van der Waals surface area (Å²) < 4.78 is 32.0. The number of ether oxygens (including phenoxy) is 1. The Kier molecular flexibility index (Phi) is 9.31. The van der Waals surface area contributed by atoms with Crippen LogP contribution in [0.3, 0.4) is 0 Å². The van der Waals surface area contributed by atoms with Crippen molar-refractivity contribution in [1.29, 1.82) is 0 Å². The van der Waals surface area contributed by atoms with Crippen LogP contribution in [0.2, 0.25) is 0 Å². The van der Waals surface area contributed by atoms with Crippen molar-refractivity contribution in [3.05, 3.63) is 101 Å². The summed E-state index contributed by atoms with van der Waals surface area (Å²) in [5, 5.41) is 5.41. The van der Waals surface area contributed by atoms with Gasteiger partial charge in [0.05, 0.1) is 11.6 Å². The standard InChI is InChI=1S/C27H29F2N3O3/c1-32(2)16-6-9-25(31-27(34)30-22-14-15-23(28)24(29)17-22)20-10-12-21(13-11-20)26(33)35-18-19-7-4-3-5-8-19/h3-5,7-8,10-15,17,25H,6,9,16,18H2,1-2H3,(H2,30,31,34). The number of esters is 1. The number of halogens is 2. The topological polar surface area (TPSA) is 70.7 Å². The number of carbonyl (C=O) groups is 2. The second-order valence-corrected chi connectivity index (χ2v) is 8.41. The van der Waals surface area contributed by atoms with Crippen molar-refractivity contribution in [1.82, 2.24) is 10.2 Å². The average molecular weight is 482 g/mol. The molecule has 3 rings (SSSR count). The van der Waals surface area contributed by atoms with Gasteiger partial charge in [-0.1, -0.05) is 42.5 Å². The molecule has 0 saturated heterocycles. The lowest BCUT2D eigenvalue weighted by atomic mass is 10.0. The van der Waals surface area contributed by atoms with Gasteiger partial charge in [0, 0.05) is 11.8 Å². The number of rotatable bonds is 10. The van der Waals surface area contributed by atoms with Crippen LogP contribution in [-0.4, -0.2) is 37.5 Å². The number of hydrogen-bond donors (Lipinski definition) is 2. The van der Waals surface area contributed by atoms with Crippen molar-refractivity contribution in [2.75, 3.05) is 26.0 Å². The highest BCUT2D eigenvalue weighted by atomic mass is 19.2. The minimum Gasteiger partial charge on any atom is -0.457 e. The molecule has 1 unspecified atom stereocenters. The van der Waals surface area contributed by atoms with Crippen LogP contribution in [0.5, 0.6) is 0 Å². The molecule has 0 fully saturated rings. The second-order valence-electron chi connectivity index (χ2n) is 8.41. The molecule has 0 aliphatic heterocycles. The van der Waals surface area contributed by atoms with Gasteiger partial charge in [0.15, 0.2) is 11.6 Å². The quantitative estimate of drug-likeness (QED) is 0.374. The fourth-order valence-electron chi connectivity index (χ4n) is 3.49. The average Bonchev–Trinajstić information content (AvgIpc) is 2.85. The first-order chi connectivity index (χ1) is 16.8. The van der Waals surface area contributed by atoms with E-state index in [0.717, 1.165) is 36.2 Å². The maximum atomic E-state index is 13.5. The number of carbonyl (C=O) groups excluding carboxylic acids is 2. The lowest BCUT2D eigenvalue weighted by Gasteiger charge is -2.21. The van der Waals surface area contributed by atoms with Gasteiger partial charge in [-0.3, -0.25) is 0 Å². The van der Waals surface area contributed by atoms with Crippen molar-refractivity contribution in [3.63, 3.8) is 0 Å². The first-order valence-electron chi connectivity index (χ1n) is 11.3. The summed E-state index contributed by atoms with van der Waals surface area (Å²) in [5.41, 5.74) is 2.26. The Bertz CT molecular complexity index is 1120. The largest absolute Gasteiger partial charge is 0.457 e. The van der Waals surface area contributed by atoms with E-state index in [9.17, 15) is 18.4 Å². The monoisotopic (exact) mass is 481 g/mol. The Morgan fingerprint density at radius 1 is 0.943 bits per heavy atom. The van der Waals surface area contributed by atoms with Crippen LogP contribution in [0.4, 0.5) is 19.3 Å². The van der Waals surface area contributed by atoms with E-state index in [4.69, 9.17) is 4.74 Å². The molecule has 0 radical (unpaired) electrons. The number of urea groups is 1. The van der Waals surface area contributed by atoms with E-state index in [1.807, 2.05) is 49.3 Å². The minimum absolute atomic E-state index is 0.143. The van der Waals surface area contributed by atoms with Gasteiger partial charge in [-0.15, -0.1) is 0 Å². The van der Waals surface area contributed by atoms with E-state index in [2.05, 4.69) is 10.6 Å². The first-order valence-corrected chi connectivity index (χ1v) is 11.3. The van der Waals surface area contributed by atoms with Gasteiger partial charge in [-0.2, -0.15) is 0 Å². The van der Waals surface area contributed by atoms with E-state index < -0.39 is 23.6 Å². The maximum Gasteiger partial charge on any atom is 0.338 e. The van der Waals surface area contributed by atoms with Crippen LogP contribution in [0.15, 0.2) is 72.8 Å². The van der Waals surface area contributed by atoms with Crippen LogP contribution in [0.1, 0.15) is 40.4 Å². The number of nitrogens with zero attached hydrogens (tertiary/aromatic N) is 1. The molecule has 0 aromatic heterocycles. The van der Waals surface area contributed by atoms with E-state index in [1.54, 1.807) is 24.3 Å². The minimum atomic E-state index is -1.04. The third kappa shape index (κ3) is 8.19. The summed E-state index contributed by atoms with van der Waals surface area (Å²) >= 11 is 0. The molecular formula is C27H29F2N3O3. The molecule has 2 amide bonds. The van der Waals surface area contributed by atoms with Crippen molar-refractivity contribution in [3.8, 4) is 0 Å². The molecule has 0 bridgehead atoms. The molecule has 0 aliphatic carbocycles. The van der Waals surface area contributed by atoms with Crippen molar-refractivity contribution in [2.45, 2.75) is 25.5 Å². The van der Waals surface area contributed by atoms with E-state index >= 15 is 0 Å². The highest BCUT2D eigenvalue weighted by Gasteiger charge is 2.17. The van der Waals surface area contributed by atoms with Gasteiger partial charge in [-0.25, -0.2) is 18.4 Å². The fourth-order valence-corrected chi connectivity index (χ4v) is 3.49. The number of anilines is 1. The highest BCUT2D eigenvalue weighted by Crippen LogP contribution is 2.21. The second kappa shape index (κ2) is 12.6. The van der Waals surface area contributed by atoms with Crippen molar-refractivity contribution in [2.24, 2.45) is 0 Å². The number of nitrogens with one attached hydrogen (secondary N) is 2. The zero-order valence-electron chi connectivity index (χ0n) is 19.8. The summed E-state index contributed by atoms with van der Waals surface area (Å²) in [4.78, 5) is 27.0. The van der Waals surface area contributed by atoms with Crippen LogP contribution in [0.25, 0.3) is 0 Å². The van der Waals surface area contributed by atoms with Crippen molar-refractivity contribution < 1.29 is 23.1 Å². The van der Waals surface area contributed by atoms with Gasteiger partial charge in [0.25, 0.3) is 0 Å². The SMILES string of the molecule is CN(C)CCCC(NC(=O)Nc1ccc(F)c(F)c1)c1ccc(C(=O)OCc2ccccc2)cc1. The van der Waals surface area contributed by atoms with Gasteiger partial charge < -0.3 is 20.3 Å². The number of hydrogen-bond acceptors (Lipinski definition) is 4. The molecule has 0 spiro atoms. The molecule has 8 heteroatoms. The third-order valence-corrected chi connectivity index (χ3v) is 5.34. The molecule has 184 valence electrons. The van der Waals surface area contributed by atoms with Crippen molar-refractivity contribution >= 4 is 17.7 Å². The Morgan fingerprint density at radius 2 is 1.66 bits per heavy atom. The molecule has 0 saturated carbocycles. The summed E-state index contributed by atoms with van der Waals surface area (Å²) in [6.07, 6.45) is 1.45. The first kappa shape index (κ1) is 25.8. The van der Waals surface area contributed by atoms with Crippen LogP contribution in [-0.2, 0) is 11.3 Å². The molecule has 2 N–H and O–H groups in total. The lowest BCUT2D eigenvalue weighted by Crippen LogP contribution is -2.33. The summed E-state index contributed by atoms with van der Waals surface area (Å²) in [6, 6.07) is 18.6. The number of amides is 2. The predicted octanol–water partition coefficient (Wildman–Crippen LogP) is 5.53. The Balaban J connectivity index is 1.65. The normalized spacial score (nSPS) is 11.7. The smallest absolute Gasteiger partial charge is 0.338 e. The molecular weight excluding hydrogens is 452 g/mol. The van der Waals surface area contributed by atoms with Gasteiger partial charge in [-0.05, 0) is 68.9 Å². The maximum absolute atomic E-state index is 13.5. The summed E-state index contributed by atoms with van der Waals surface area (Å²) in [6.45, 7) is 1.01. The van der Waals surface area contributed by atoms with Crippen LogP contribution in [0, 0.1) is 11.6 Å². The molecule has 1 atom stereocenters. The molecule has 0 heterocycles. The van der Waals surface area contributed by atoms with Gasteiger partial charge in [0.1, 0.15) is 6.61 Å². The molecule has 0 aliphatic rings. The Morgan fingerprint density at radius 3 is 2.31 bits per heavy atom. The number of benzene rings is 3. The third-order valence-electron chi connectivity index (χ3n) is 5.34. The van der Waals surface area contributed by atoms with Gasteiger partial charge in [0.2, 0.25) is 0 Å². The molecule has 3 aromatic carbocycles. The van der Waals surface area contributed by atoms with Crippen LogP contribution < -0.4 is 10.6 Å². The van der Waals surface area contributed by atoms with E-state index in [1.165, 1.54) is 6.07 Å². The lowest BCUT2D eigenvalue weighted by molar-refractivity contribution is 0.0472. The highest BCUT2D eigenvalue weighted by molar-refractivity contribution is 5.90. The van der Waals surface area contributed by atoms with Crippen LogP contribution >= 0.6 is 0 Å². The van der Waals surface area contributed by atoms with Gasteiger partial charge >= 0.3 is 12.0 Å². The summed E-state index contributed by atoms with van der Waals surface area (Å²) in [5.74, 6) is -2.46. The van der Waals surface area contributed by atoms with E-state index in [-0.39, 0.29) is 18.3 Å². The molecule has 6 nitrogen and oxygen atoms in total. The summed E-state index contributed by atoms with van der Waals surface area (Å²) in [7, 11) is 3.93. The molecule has 35 heavy (non-hydrogen) atoms. The fraction of sp³-hybridized carbons (Fsp3) is 0.259. The Labute approximate surface area is 203 Å². The predicted molar refractivity (Wildman–Crippen MR) is 131 cm³/mol. The zero-order valence-corrected chi connectivity index (χ0v) is 19.8. The molecule has 3 aromatic rings.